The molecule has 106 valence electrons. The van der Waals surface area contributed by atoms with Crippen LogP contribution in [-0.2, 0) is 0 Å². The fraction of sp³-hybridized carbons (Fsp3) is 0.250. The van der Waals surface area contributed by atoms with E-state index in [2.05, 4.69) is 0 Å². The second kappa shape index (κ2) is 5.92. The smallest absolute Gasteiger partial charge is 0.131 e. The summed E-state index contributed by atoms with van der Waals surface area (Å²) < 4.78 is 19.1. The Labute approximate surface area is 118 Å². The lowest BCUT2D eigenvalue weighted by molar-refractivity contribution is 0.194. The van der Waals surface area contributed by atoms with Crippen molar-refractivity contribution in [1.29, 1.82) is 0 Å². The molecule has 0 fully saturated rings. The lowest BCUT2D eigenvalue weighted by Crippen LogP contribution is -2.14. The van der Waals surface area contributed by atoms with Crippen LogP contribution < -0.4 is 9.64 Å². The maximum atomic E-state index is 13.9. The molecule has 20 heavy (non-hydrogen) atoms. The first kappa shape index (κ1) is 14.3. The Bertz CT molecular complexity index is 599. The summed E-state index contributed by atoms with van der Waals surface area (Å²) in [6.07, 6.45) is -0.876. The fourth-order valence-electron chi connectivity index (χ4n) is 2.19. The number of methoxy groups -OCH3 is 1. The average molecular weight is 275 g/mol. The minimum absolute atomic E-state index is 0.290. The van der Waals surface area contributed by atoms with Crippen LogP contribution in [0.4, 0.5) is 15.8 Å². The first-order valence-corrected chi connectivity index (χ1v) is 6.39. The van der Waals surface area contributed by atoms with Crippen LogP contribution in [0.1, 0.15) is 18.6 Å². The van der Waals surface area contributed by atoms with Crippen molar-refractivity contribution >= 4 is 11.4 Å². The highest BCUT2D eigenvalue weighted by Crippen LogP contribution is 2.33. The number of aliphatic hydroxyl groups is 1. The summed E-state index contributed by atoms with van der Waals surface area (Å²) >= 11 is 0. The first-order chi connectivity index (χ1) is 9.54. The van der Waals surface area contributed by atoms with Crippen molar-refractivity contribution in [2.45, 2.75) is 13.0 Å². The summed E-state index contributed by atoms with van der Waals surface area (Å²) in [7, 11) is 3.43. The van der Waals surface area contributed by atoms with Gasteiger partial charge in [-0.1, -0.05) is 12.1 Å². The zero-order chi connectivity index (χ0) is 14.7. The zero-order valence-electron chi connectivity index (χ0n) is 11.8. The monoisotopic (exact) mass is 275 g/mol. The van der Waals surface area contributed by atoms with Crippen LogP contribution in [0.25, 0.3) is 0 Å². The quantitative estimate of drug-likeness (QED) is 0.924. The maximum Gasteiger partial charge on any atom is 0.131 e. The van der Waals surface area contributed by atoms with Crippen molar-refractivity contribution < 1.29 is 14.2 Å². The van der Waals surface area contributed by atoms with Crippen LogP contribution in [0.5, 0.6) is 5.75 Å². The van der Waals surface area contributed by atoms with Crippen molar-refractivity contribution in [3.8, 4) is 5.75 Å². The van der Waals surface area contributed by atoms with E-state index in [1.54, 1.807) is 26.2 Å². The lowest BCUT2D eigenvalue weighted by atomic mass is 10.1. The normalized spacial score (nSPS) is 12.1. The van der Waals surface area contributed by atoms with Gasteiger partial charge in [0.15, 0.2) is 0 Å². The third kappa shape index (κ3) is 2.75. The van der Waals surface area contributed by atoms with Gasteiger partial charge in [0.25, 0.3) is 0 Å². The molecule has 0 aliphatic carbocycles. The van der Waals surface area contributed by atoms with E-state index in [0.29, 0.717) is 5.69 Å². The highest BCUT2D eigenvalue weighted by atomic mass is 19.1. The third-order valence-electron chi connectivity index (χ3n) is 3.25. The predicted octanol–water partition coefficient (Wildman–Crippen LogP) is 3.66. The van der Waals surface area contributed by atoms with Crippen LogP contribution in [-0.4, -0.2) is 19.3 Å². The van der Waals surface area contributed by atoms with Crippen LogP contribution in [0.3, 0.4) is 0 Å². The standard InChI is InChI=1S/C16H18FNO2/c1-11(19)16-14(17)8-5-9-15(16)18(2)12-6-4-7-13(10-12)20-3/h4-11,19H,1-3H3/t11-/m1/s1. The molecule has 2 aromatic carbocycles. The van der Waals surface area contributed by atoms with E-state index in [4.69, 9.17) is 4.74 Å². The number of halogens is 1. The Morgan fingerprint density at radius 3 is 2.55 bits per heavy atom. The summed E-state index contributed by atoms with van der Waals surface area (Å²) in [5.41, 5.74) is 1.78. The molecule has 0 heterocycles. The van der Waals surface area contributed by atoms with Crippen molar-refractivity contribution in [3.63, 3.8) is 0 Å². The number of hydrogen-bond donors (Lipinski definition) is 1. The van der Waals surface area contributed by atoms with E-state index in [-0.39, 0.29) is 5.56 Å². The second-order valence-corrected chi connectivity index (χ2v) is 4.61. The number of hydrogen-bond acceptors (Lipinski definition) is 3. The Kier molecular flexibility index (Phi) is 4.25. The van der Waals surface area contributed by atoms with Gasteiger partial charge in [-0.25, -0.2) is 4.39 Å². The lowest BCUT2D eigenvalue weighted by Gasteiger charge is -2.24. The van der Waals surface area contributed by atoms with E-state index in [1.807, 2.05) is 36.2 Å². The van der Waals surface area contributed by atoms with Gasteiger partial charge in [-0.15, -0.1) is 0 Å². The number of aliphatic hydroxyl groups excluding tert-OH is 1. The van der Waals surface area contributed by atoms with Gasteiger partial charge in [0.2, 0.25) is 0 Å². The minimum atomic E-state index is -0.876. The minimum Gasteiger partial charge on any atom is -0.497 e. The fourth-order valence-corrected chi connectivity index (χ4v) is 2.19. The van der Waals surface area contributed by atoms with Gasteiger partial charge in [-0.3, -0.25) is 0 Å². The molecule has 0 unspecified atom stereocenters. The van der Waals surface area contributed by atoms with Gasteiger partial charge >= 0.3 is 0 Å². The molecule has 3 nitrogen and oxygen atoms in total. The number of rotatable bonds is 4. The second-order valence-electron chi connectivity index (χ2n) is 4.61. The Balaban J connectivity index is 2.47. The van der Waals surface area contributed by atoms with Crippen molar-refractivity contribution in [2.24, 2.45) is 0 Å². The highest BCUT2D eigenvalue weighted by Gasteiger charge is 2.17. The molecule has 0 bridgehead atoms. The zero-order valence-corrected chi connectivity index (χ0v) is 11.8. The van der Waals surface area contributed by atoms with Crippen LogP contribution >= 0.6 is 0 Å². The van der Waals surface area contributed by atoms with Gasteiger partial charge < -0.3 is 14.7 Å². The molecule has 0 aromatic heterocycles. The van der Waals surface area contributed by atoms with Gasteiger partial charge in [0.05, 0.1) is 13.2 Å². The molecule has 0 saturated heterocycles. The molecule has 1 N–H and O–H groups in total. The predicted molar refractivity (Wildman–Crippen MR) is 78.1 cm³/mol. The first-order valence-electron chi connectivity index (χ1n) is 6.39. The summed E-state index contributed by atoms with van der Waals surface area (Å²) in [6.45, 7) is 1.56. The molecule has 0 amide bonds. The molecular weight excluding hydrogens is 257 g/mol. The number of nitrogens with zero attached hydrogens (tertiary/aromatic N) is 1. The van der Waals surface area contributed by atoms with Crippen molar-refractivity contribution in [2.75, 3.05) is 19.1 Å². The average Bonchev–Trinajstić information content (AvgIpc) is 2.45. The number of benzene rings is 2. The molecule has 0 spiro atoms. The van der Waals surface area contributed by atoms with Gasteiger partial charge in [-0.05, 0) is 31.2 Å². The SMILES string of the molecule is COc1cccc(N(C)c2cccc(F)c2[C@@H](C)O)c1. The van der Waals surface area contributed by atoms with Crippen molar-refractivity contribution in [3.05, 3.63) is 53.8 Å². The summed E-state index contributed by atoms with van der Waals surface area (Å²) in [5, 5.41) is 9.79. The van der Waals surface area contributed by atoms with Crippen LogP contribution in [0.2, 0.25) is 0 Å². The number of ether oxygens (including phenoxy) is 1. The summed E-state index contributed by atoms with van der Waals surface area (Å²) in [4.78, 5) is 1.83. The molecule has 2 rings (SSSR count). The Morgan fingerprint density at radius 1 is 1.20 bits per heavy atom. The Morgan fingerprint density at radius 2 is 1.90 bits per heavy atom. The van der Waals surface area contributed by atoms with E-state index in [0.717, 1.165) is 11.4 Å². The Hall–Kier alpha value is -2.07. The van der Waals surface area contributed by atoms with Gasteiger partial charge in [-0.2, -0.15) is 0 Å². The molecule has 2 aromatic rings. The molecule has 1 atom stereocenters. The van der Waals surface area contributed by atoms with E-state index in [1.165, 1.54) is 6.07 Å². The molecule has 0 aliphatic heterocycles. The molecule has 4 heteroatoms. The maximum absolute atomic E-state index is 13.9. The van der Waals surface area contributed by atoms with Crippen LogP contribution in [0, 0.1) is 5.82 Å². The summed E-state index contributed by atoms with van der Waals surface area (Å²) in [6, 6.07) is 12.2. The molecule has 0 aliphatic rings. The molecule has 0 radical (unpaired) electrons. The topological polar surface area (TPSA) is 32.7 Å². The van der Waals surface area contributed by atoms with E-state index in [9.17, 15) is 9.50 Å². The summed E-state index contributed by atoms with van der Waals surface area (Å²) in [5.74, 6) is 0.316. The number of anilines is 2. The highest BCUT2D eigenvalue weighted by molar-refractivity contribution is 5.67. The van der Waals surface area contributed by atoms with Crippen molar-refractivity contribution in [1.82, 2.24) is 0 Å². The molecular formula is C16H18FNO2. The van der Waals surface area contributed by atoms with E-state index >= 15 is 0 Å². The van der Waals surface area contributed by atoms with Gasteiger partial charge in [0.1, 0.15) is 11.6 Å². The van der Waals surface area contributed by atoms with Crippen LogP contribution in [0.15, 0.2) is 42.5 Å². The third-order valence-corrected chi connectivity index (χ3v) is 3.25. The largest absolute Gasteiger partial charge is 0.497 e. The van der Waals surface area contributed by atoms with E-state index < -0.39 is 11.9 Å². The van der Waals surface area contributed by atoms with Gasteiger partial charge in [0, 0.05) is 30.1 Å². The molecule has 0 saturated carbocycles.